The monoisotopic (exact) mass is 405 g/mol. The van der Waals surface area contributed by atoms with Crippen molar-refractivity contribution >= 4 is 5.97 Å². The molecule has 0 radical (unpaired) electrons. The maximum Gasteiger partial charge on any atom is 0.306 e. The highest BCUT2D eigenvalue weighted by atomic mass is 16.5. The minimum Gasteiger partial charge on any atom is -0.493 e. The molecule has 5 heteroatoms. The smallest absolute Gasteiger partial charge is 0.306 e. The van der Waals surface area contributed by atoms with E-state index in [4.69, 9.17) is 9.15 Å². The van der Waals surface area contributed by atoms with Crippen molar-refractivity contribution in [2.45, 2.75) is 46.0 Å². The van der Waals surface area contributed by atoms with Crippen LogP contribution in [0.1, 0.15) is 41.5 Å². The van der Waals surface area contributed by atoms with Crippen molar-refractivity contribution in [1.29, 1.82) is 0 Å². The van der Waals surface area contributed by atoms with Gasteiger partial charge in [0.1, 0.15) is 11.5 Å². The molecule has 1 unspecified atom stereocenters. The number of aromatic nitrogens is 1. The van der Waals surface area contributed by atoms with Crippen molar-refractivity contribution in [3.8, 4) is 17.2 Å². The van der Waals surface area contributed by atoms with Crippen LogP contribution in [0.3, 0.4) is 0 Å². The first-order valence-corrected chi connectivity index (χ1v) is 10.6. The van der Waals surface area contributed by atoms with Gasteiger partial charge >= 0.3 is 5.97 Å². The molecule has 5 nitrogen and oxygen atoms in total. The number of carboxylic acid groups (broad SMARTS) is 1. The van der Waals surface area contributed by atoms with Gasteiger partial charge in [-0.05, 0) is 73.6 Å². The molecule has 0 amide bonds. The summed E-state index contributed by atoms with van der Waals surface area (Å²) in [5.41, 5.74) is 5.50. The lowest BCUT2D eigenvalue weighted by molar-refractivity contribution is -0.142. The number of hydrogen-bond donors (Lipinski definition) is 1. The van der Waals surface area contributed by atoms with E-state index in [1.165, 1.54) is 11.1 Å². The lowest BCUT2D eigenvalue weighted by Crippen LogP contribution is -2.22. The highest BCUT2D eigenvalue weighted by molar-refractivity contribution is 5.71. The molecule has 1 atom stereocenters. The van der Waals surface area contributed by atoms with Gasteiger partial charge in [0.25, 0.3) is 0 Å². The maximum absolute atomic E-state index is 11.2. The molecule has 0 aliphatic heterocycles. The largest absolute Gasteiger partial charge is 0.493 e. The molecule has 0 bridgehead atoms. The fraction of sp³-hybridized carbons (Fsp3) is 0.360. The van der Waals surface area contributed by atoms with Crippen LogP contribution < -0.4 is 4.74 Å². The molecule has 1 aromatic heterocycles. The number of aliphatic carboxylic acids is 1. The zero-order valence-electron chi connectivity index (χ0n) is 17.5. The molecule has 4 rings (SSSR count). The predicted molar refractivity (Wildman–Crippen MR) is 115 cm³/mol. The fourth-order valence-corrected chi connectivity index (χ4v) is 3.96. The van der Waals surface area contributed by atoms with E-state index in [9.17, 15) is 9.90 Å². The van der Waals surface area contributed by atoms with Crippen molar-refractivity contribution in [2.75, 3.05) is 6.61 Å². The third kappa shape index (κ3) is 4.40. The summed E-state index contributed by atoms with van der Waals surface area (Å²) < 4.78 is 11.8. The summed E-state index contributed by atoms with van der Waals surface area (Å²) in [5, 5.41) is 9.22. The minimum absolute atomic E-state index is 0.271. The Morgan fingerprint density at radius 3 is 2.73 bits per heavy atom. The van der Waals surface area contributed by atoms with Gasteiger partial charge in [-0.15, -0.1) is 0 Å². The second-order valence-corrected chi connectivity index (χ2v) is 7.88. The molecule has 30 heavy (non-hydrogen) atoms. The molecule has 1 N–H and O–H groups in total. The molecule has 2 aromatic carbocycles. The summed E-state index contributed by atoms with van der Waals surface area (Å²) in [4.78, 5) is 15.9. The van der Waals surface area contributed by atoms with Gasteiger partial charge in [0.05, 0.1) is 18.2 Å². The van der Waals surface area contributed by atoms with Crippen molar-refractivity contribution in [2.24, 2.45) is 5.92 Å². The summed E-state index contributed by atoms with van der Waals surface area (Å²) >= 11 is 0. The summed E-state index contributed by atoms with van der Waals surface area (Å²) in [6, 6.07) is 14.3. The van der Waals surface area contributed by atoms with E-state index in [0.29, 0.717) is 31.8 Å². The van der Waals surface area contributed by atoms with E-state index in [-0.39, 0.29) is 5.92 Å². The van der Waals surface area contributed by atoms with E-state index in [0.717, 1.165) is 41.2 Å². The summed E-state index contributed by atoms with van der Waals surface area (Å²) in [6.07, 6.45) is 3.75. The fourth-order valence-electron chi connectivity index (χ4n) is 3.96. The van der Waals surface area contributed by atoms with Gasteiger partial charge in [-0.3, -0.25) is 4.79 Å². The maximum atomic E-state index is 11.2. The molecule has 3 aromatic rings. The average Bonchev–Trinajstić information content (AvgIpc) is 3.13. The highest BCUT2D eigenvalue weighted by Gasteiger charge is 2.24. The van der Waals surface area contributed by atoms with E-state index >= 15 is 0 Å². The summed E-state index contributed by atoms with van der Waals surface area (Å²) in [7, 11) is 0. The van der Waals surface area contributed by atoms with Crippen LogP contribution in [0.25, 0.3) is 11.5 Å². The number of nitrogens with zero attached hydrogens (tertiary/aromatic N) is 1. The summed E-state index contributed by atoms with van der Waals surface area (Å²) in [6.45, 7) is 4.58. The zero-order chi connectivity index (χ0) is 21.1. The quantitative estimate of drug-likeness (QED) is 0.597. The first-order chi connectivity index (χ1) is 14.5. The molecule has 1 heterocycles. The minimum atomic E-state index is -0.704. The van der Waals surface area contributed by atoms with E-state index in [1.807, 2.05) is 37.3 Å². The Labute approximate surface area is 176 Å². The topological polar surface area (TPSA) is 72.6 Å². The Bertz CT molecular complexity index is 1040. The van der Waals surface area contributed by atoms with Gasteiger partial charge < -0.3 is 14.3 Å². The normalized spacial score (nSPS) is 15.6. The van der Waals surface area contributed by atoms with Crippen molar-refractivity contribution in [3.05, 3.63) is 70.6 Å². The zero-order valence-corrected chi connectivity index (χ0v) is 17.5. The lowest BCUT2D eigenvalue weighted by Gasteiger charge is -2.22. The van der Waals surface area contributed by atoms with Crippen LogP contribution in [-0.2, 0) is 30.5 Å². The van der Waals surface area contributed by atoms with E-state index in [2.05, 4.69) is 24.0 Å². The van der Waals surface area contributed by atoms with Crippen LogP contribution in [0.4, 0.5) is 0 Å². The summed E-state index contributed by atoms with van der Waals surface area (Å²) in [5.74, 6) is 1.31. The Hall–Kier alpha value is -3.08. The number of hydrogen-bond acceptors (Lipinski definition) is 4. The van der Waals surface area contributed by atoms with Crippen LogP contribution in [-0.4, -0.2) is 22.7 Å². The van der Waals surface area contributed by atoms with Crippen LogP contribution in [0.5, 0.6) is 5.75 Å². The number of aryl methyl sites for hydroxylation is 3. The molecule has 156 valence electrons. The van der Waals surface area contributed by atoms with Gasteiger partial charge in [0.15, 0.2) is 0 Å². The van der Waals surface area contributed by atoms with Crippen molar-refractivity contribution in [3.63, 3.8) is 0 Å². The predicted octanol–water partition coefficient (Wildman–Crippen LogP) is 5.02. The second-order valence-electron chi connectivity index (χ2n) is 7.88. The van der Waals surface area contributed by atoms with Crippen LogP contribution in [0.15, 0.2) is 46.9 Å². The van der Waals surface area contributed by atoms with Gasteiger partial charge in [-0.2, -0.15) is 0 Å². The Morgan fingerprint density at radius 2 is 2.00 bits per heavy atom. The van der Waals surface area contributed by atoms with Crippen molar-refractivity contribution < 1.29 is 19.1 Å². The number of fused-ring (bicyclic) bond motifs is 1. The highest BCUT2D eigenvalue weighted by Crippen LogP contribution is 2.29. The number of carboxylic acids is 1. The number of rotatable bonds is 7. The van der Waals surface area contributed by atoms with Crippen molar-refractivity contribution in [1.82, 2.24) is 4.98 Å². The number of oxazole rings is 1. The van der Waals surface area contributed by atoms with E-state index < -0.39 is 5.97 Å². The van der Waals surface area contributed by atoms with Gasteiger partial charge in [0, 0.05) is 12.0 Å². The van der Waals surface area contributed by atoms with Crippen LogP contribution in [0, 0.1) is 12.8 Å². The second kappa shape index (κ2) is 8.74. The molecular formula is C25H27NO4. The Balaban J connectivity index is 1.37. The van der Waals surface area contributed by atoms with Gasteiger partial charge in [-0.1, -0.05) is 25.1 Å². The van der Waals surface area contributed by atoms with Crippen LogP contribution in [0.2, 0.25) is 0 Å². The molecule has 0 fully saturated rings. The molecular weight excluding hydrogens is 378 g/mol. The Morgan fingerprint density at radius 1 is 1.20 bits per heavy atom. The Kier molecular flexibility index (Phi) is 5.88. The van der Waals surface area contributed by atoms with Crippen LogP contribution >= 0.6 is 0 Å². The molecule has 1 aliphatic rings. The van der Waals surface area contributed by atoms with Gasteiger partial charge in [-0.25, -0.2) is 4.98 Å². The SMILES string of the molecule is CCc1ccc(-c2nc(CCOc3ccc4c(c3)CCC(C(=O)O)C4)c(C)o2)cc1. The molecule has 1 aliphatic carbocycles. The third-order valence-corrected chi connectivity index (χ3v) is 5.86. The molecule has 0 saturated heterocycles. The first-order valence-electron chi connectivity index (χ1n) is 10.6. The molecule has 0 saturated carbocycles. The van der Waals surface area contributed by atoms with E-state index in [1.54, 1.807) is 0 Å². The third-order valence-electron chi connectivity index (χ3n) is 5.86. The number of ether oxygens (including phenoxy) is 1. The van der Waals surface area contributed by atoms with Gasteiger partial charge in [0.2, 0.25) is 5.89 Å². The first kappa shape index (κ1) is 20.2. The average molecular weight is 405 g/mol. The standard InChI is InChI=1S/C25H27NO4/c1-3-17-4-6-18(7-5-17)24-26-23(16(2)30-24)12-13-29-22-11-10-19-14-21(25(27)28)9-8-20(19)15-22/h4-7,10-11,15,21H,3,8-9,12-14H2,1-2H3,(H,27,28). The lowest BCUT2D eigenvalue weighted by atomic mass is 9.84. The number of carbonyl (C=O) groups is 1. The number of benzene rings is 2. The molecule has 0 spiro atoms.